The molecule has 1 rings (SSSR count). The molecule has 1 aliphatic heterocycles. The maximum Gasteiger partial charge on any atom is 0.253 e. The molecule has 0 aromatic carbocycles. The molecule has 4 nitrogen and oxygen atoms in total. The summed E-state index contributed by atoms with van der Waals surface area (Å²) in [7, 11) is 1.45. The predicted molar refractivity (Wildman–Crippen MR) is 48.4 cm³/mol. The molecular weight excluding hydrogens is 170 g/mol. The fraction of sp³-hybridized carbons (Fsp3) is 0.111. The molecule has 0 unspecified atom stereocenters. The van der Waals surface area contributed by atoms with Gasteiger partial charge in [-0.2, -0.15) is 0 Å². The van der Waals surface area contributed by atoms with E-state index in [2.05, 4.69) is 17.9 Å². The lowest BCUT2D eigenvalue weighted by Gasteiger charge is -2.01. The van der Waals surface area contributed by atoms with Gasteiger partial charge in [0.2, 0.25) is 0 Å². The van der Waals surface area contributed by atoms with Gasteiger partial charge in [-0.1, -0.05) is 13.2 Å². The van der Waals surface area contributed by atoms with E-state index in [1.807, 2.05) is 0 Å². The summed E-state index contributed by atoms with van der Waals surface area (Å²) < 4.78 is 4.36. The molecule has 1 heterocycles. The zero-order valence-corrected chi connectivity index (χ0v) is 7.40. The van der Waals surface area contributed by atoms with Gasteiger partial charge in [0.05, 0.1) is 12.5 Å². The van der Waals surface area contributed by atoms with Crippen LogP contribution in [0.2, 0.25) is 0 Å². The van der Waals surface area contributed by atoms with E-state index >= 15 is 0 Å². The van der Waals surface area contributed by atoms with E-state index in [9.17, 15) is 9.59 Å². The third-order valence-corrected chi connectivity index (χ3v) is 1.22. The van der Waals surface area contributed by atoms with Crippen LogP contribution in [0.4, 0.5) is 0 Å². The number of hydrogen-bond acceptors (Lipinski definition) is 3. The monoisotopic (exact) mass is 181 g/mol. The Kier molecular flexibility index (Phi) is 4.95. The molecule has 0 bridgehead atoms. The zero-order valence-electron chi connectivity index (χ0n) is 7.40. The van der Waals surface area contributed by atoms with E-state index in [0.717, 1.165) is 4.90 Å². The van der Waals surface area contributed by atoms with Crippen molar-refractivity contribution in [1.82, 2.24) is 4.90 Å². The Bertz CT molecular complexity index is 232. The maximum atomic E-state index is 10.4. The fourth-order valence-electron chi connectivity index (χ4n) is 0.543. The van der Waals surface area contributed by atoms with Crippen molar-refractivity contribution in [2.75, 3.05) is 7.05 Å². The Hall–Kier alpha value is -1.84. The molecule has 1 aliphatic rings. The largest absolute Gasteiger partial charge is 0.474 e. The minimum absolute atomic E-state index is 0.241. The third kappa shape index (κ3) is 3.91. The molecule has 0 saturated heterocycles. The SMILES string of the molecule is C=COC=C.CN1C(=O)C=CC1=O. The number of amides is 2. The second kappa shape index (κ2) is 5.77. The van der Waals surface area contributed by atoms with E-state index in [1.165, 1.54) is 31.7 Å². The summed E-state index contributed by atoms with van der Waals surface area (Å²) in [6.07, 6.45) is 5.13. The van der Waals surface area contributed by atoms with E-state index < -0.39 is 0 Å². The van der Waals surface area contributed by atoms with Crippen LogP contribution < -0.4 is 0 Å². The highest BCUT2D eigenvalue weighted by molar-refractivity contribution is 6.12. The first kappa shape index (κ1) is 11.2. The molecule has 0 aliphatic carbocycles. The predicted octanol–water partition coefficient (Wildman–Crippen LogP) is 0.831. The number of likely N-dealkylation sites (N-methyl/N-ethyl adjacent to an activating group) is 1. The highest BCUT2D eigenvalue weighted by atomic mass is 16.5. The Balaban J connectivity index is 0.000000252. The van der Waals surface area contributed by atoms with Crippen LogP contribution in [0.25, 0.3) is 0 Å². The van der Waals surface area contributed by atoms with Gasteiger partial charge >= 0.3 is 0 Å². The molecule has 70 valence electrons. The topological polar surface area (TPSA) is 46.6 Å². The van der Waals surface area contributed by atoms with Crippen LogP contribution >= 0.6 is 0 Å². The minimum Gasteiger partial charge on any atom is -0.474 e. The van der Waals surface area contributed by atoms with E-state index in [1.54, 1.807) is 0 Å². The number of hydrogen-bond donors (Lipinski definition) is 0. The molecule has 0 aromatic rings. The number of carbonyl (C=O) groups is 2. The van der Waals surface area contributed by atoms with Crippen molar-refractivity contribution in [2.45, 2.75) is 0 Å². The van der Waals surface area contributed by atoms with Gasteiger partial charge in [0.15, 0.2) is 0 Å². The Labute approximate surface area is 76.8 Å². The number of imide groups is 1. The summed E-state index contributed by atoms with van der Waals surface area (Å²) in [6.45, 7) is 6.51. The lowest BCUT2D eigenvalue weighted by molar-refractivity contribution is -0.135. The summed E-state index contributed by atoms with van der Waals surface area (Å²) in [5.74, 6) is -0.481. The van der Waals surface area contributed by atoms with Gasteiger partial charge in [-0.3, -0.25) is 14.5 Å². The van der Waals surface area contributed by atoms with Crippen molar-refractivity contribution < 1.29 is 14.3 Å². The van der Waals surface area contributed by atoms with E-state index in [-0.39, 0.29) is 11.8 Å². The van der Waals surface area contributed by atoms with Crippen molar-refractivity contribution in [2.24, 2.45) is 0 Å². The standard InChI is InChI=1S/C5H5NO2.C4H6O/c1-6-4(7)2-3-5(6)8;1-3-5-4-2/h2-3H,1H3;3-4H,1-2H2. The van der Waals surface area contributed by atoms with Crippen molar-refractivity contribution >= 4 is 11.8 Å². The molecule has 0 atom stereocenters. The third-order valence-electron chi connectivity index (χ3n) is 1.22. The maximum absolute atomic E-state index is 10.4. The molecule has 4 heteroatoms. The molecule has 0 radical (unpaired) electrons. The van der Waals surface area contributed by atoms with Crippen LogP contribution in [-0.2, 0) is 14.3 Å². The molecule has 13 heavy (non-hydrogen) atoms. The Morgan fingerprint density at radius 1 is 1.23 bits per heavy atom. The number of nitrogens with zero attached hydrogens (tertiary/aromatic N) is 1. The molecule has 0 fully saturated rings. The number of carbonyl (C=O) groups excluding carboxylic acids is 2. The van der Waals surface area contributed by atoms with Crippen LogP contribution in [0.1, 0.15) is 0 Å². The first-order valence-electron chi connectivity index (χ1n) is 3.50. The molecule has 0 spiro atoms. The number of ether oxygens (including phenoxy) is 1. The van der Waals surface area contributed by atoms with Crippen LogP contribution in [0.3, 0.4) is 0 Å². The van der Waals surface area contributed by atoms with Gasteiger partial charge in [-0.15, -0.1) is 0 Å². The Morgan fingerprint density at radius 3 is 1.69 bits per heavy atom. The second-order valence-corrected chi connectivity index (χ2v) is 2.04. The number of rotatable bonds is 2. The van der Waals surface area contributed by atoms with Crippen LogP contribution in [0.15, 0.2) is 37.8 Å². The van der Waals surface area contributed by atoms with Crippen molar-refractivity contribution in [3.05, 3.63) is 37.8 Å². The summed E-state index contributed by atoms with van der Waals surface area (Å²) >= 11 is 0. The van der Waals surface area contributed by atoms with Gasteiger partial charge in [0.25, 0.3) is 11.8 Å². The van der Waals surface area contributed by atoms with E-state index in [4.69, 9.17) is 0 Å². The Morgan fingerprint density at radius 2 is 1.62 bits per heavy atom. The quantitative estimate of drug-likeness (QED) is 0.468. The molecule has 2 amide bonds. The minimum atomic E-state index is -0.241. The van der Waals surface area contributed by atoms with Gasteiger partial charge in [0.1, 0.15) is 0 Å². The summed E-state index contributed by atoms with van der Waals surface area (Å²) in [4.78, 5) is 21.9. The highest BCUT2D eigenvalue weighted by Gasteiger charge is 2.17. The van der Waals surface area contributed by atoms with Gasteiger partial charge < -0.3 is 4.74 Å². The van der Waals surface area contributed by atoms with Crippen LogP contribution in [0.5, 0.6) is 0 Å². The smallest absolute Gasteiger partial charge is 0.253 e. The molecule has 0 saturated carbocycles. The molecular formula is C9H11NO3. The first-order chi connectivity index (χ1) is 6.13. The first-order valence-corrected chi connectivity index (χ1v) is 3.50. The zero-order chi connectivity index (χ0) is 10.3. The average molecular weight is 181 g/mol. The molecule has 0 N–H and O–H groups in total. The van der Waals surface area contributed by atoms with Gasteiger partial charge in [-0.05, 0) is 0 Å². The van der Waals surface area contributed by atoms with E-state index in [0.29, 0.717) is 0 Å². The van der Waals surface area contributed by atoms with Crippen molar-refractivity contribution in [3.8, 4) is 0 Å². The summed E-state index contributed by atoms with van der Waals surface area (Å²) in [5.41, 5.74) is 0. The van der Waals surface area contributed by atoms with Crippen molar-refractivity contribution in [1.29, 1.82) is 0 Å². The molecule has 0 aromatic heterocycles. The highest BCUT2D eigenvalue weighted by Crippen LogP contribution is 1.97. The van der Waals surface area contributed by atoms with Crippen molar-refractivity contribution in [3.63, 3.8) is 0 Å². The summed E-state index contributed by atoms with van der Waals surface area (Å²) in [6, 6.07) is 0. The normalized spacial score (nSPS) is 13.5. The average Bonchev–Trinajstić information content (AvgIpc) is 2.39. The van der Waals surface area contributed by atoms with Crippen LogP contribution in [-0.4, -0.2) is 23.8 Å². The second-order valence-electron chi connectivity index (χ2n) is 2.04. The van der Waals surface area contributed by atoms with Gasteiger partial charge in [-0.25, -0.2) is 0 Å². The fourth-order valence-corrected chi connectivity index (χ4v) is 0.543. The van der Waals surface area contributed by atoms with Crippen LogP contribution in [0, 0.1) is 0 Å². The van der Waals surface area contributed by atoms with Gasteiger partial charge in [0, 0.05) is 19.2 Å². The lowest BCUT2D eigenvalue weighted by Crippen LogP contribution is -2.24. The lowest BCUT2D eigenvalue weighted by atomic mass is 10.6. The summed E-state index contributed by atoms with van der Waals surface area (Å²) in [5, 5.41) is 0.